The van der Waals surface area contributed by atoms with Gasteiger partial charge in [-0.2, -0.15) is 0 Å². The maximum absolute atomic E-state index is 11.9. The third-order valence-electron chi connectivity index (χ3n) is 4.21. The zero-order chi connectivity index (χ0) is 19.8. The number of nitrogens with one attached hydrogen (secondary N) is 1. The lowest BCUT2D eigenvalue weighted by Crippen LogP contribution is -2.17. The van der Waals surface area contributed by atoms with Crippen molar-refractivity contribution in [3.8, 4) is 16.9 Å². The number of hydrogen-bond acceptors (Lipinski definition) is 6. The Kier molecular flexibility index (Phi) is 4.95. The van der Waals surface area contributed by atoms with E-state index in [0.29, 0.717) is 15.0 Å². The van der Waals surface area contributed by atoms with E-state index >= 15 is 0 Å². The van der Waals surface area contributed by atoms with Crippen LogP contribution in [0.1, 0.15) is 25.2 Å². The number of hydrogen-bond donors (Lipinski definition) is 1. The van der Waals surface area contributed by atoms with Crippen LogP contribution in [0.25, 0.3) is 28.2 Å². The summed E-state index contributed by atoms with van der Waals surface area (Å²) in [6.45, 7) is 6.03. The molecule has 0 saturated carbocycles. The van der Waals surface area contributed by atoms with Crippen LogP contribution in [0.3, 0.4) is 0 Å². The summed E-state index contributed by atoms with van der Waals surface area (Å²) in [6, 6.07) is 7.90. The van der Waals surface area contributed by atoms with Crippen molar-refractivity contribution in [2.75, 3.05) is 0 Å². The number of carbonyl (C=O) groups excluding carboxylic acids is 1. The van der Waals surface area contributed by atoms with Crippen molar-refractivity contribution in [1.82, 2.24) is 10.3 Å². The number of thioether (sulfide) groups is 1. The molecule has 0 unspecified atom stereocenters. The number of ether oxygens (including phenoxy) is 1. The first kappa shape index (κ1) is 18.7. The molecule has 7 heteroatoms. The highest BCUT2D eigenvalue weighted by atomic mass is 32.2. The Morgan fingerprint density at radius 3 is 2.79 bits per heavy atom. The zero-order valence-electron chi connectivity index (χ0n) is 15.6. The lowest BCUT2D eigenvalue weighted by atomic mass is 10.0. The van der Waals surface area contributed by atoms with E-state index in [2.05, 4.69) is 16.4 Å². The molecule has 28 heavy (non-hydrogen) atoms. The minimum atomic E-state index is -0.204. The van der Waals surface area contributed by atoms with Crippen LogP contribution in [-0.4, -0.2) is 21.3 Å². The van der Waals surface area contributed by atoms with E-state index in [1.807, 2.05) is 39.0 Å². The number of carbonyl (C=O) groups is 1. The second-order valence-corrected chi connectivity index (χ2v) is 8.47. The minimum absolute atomic E-state index is 0.119. The topological polar surface area (TPSA) is 64.4 Å². The Morgan fingerprint density at radius 2 is 2.11 bits per heavy atom. The highest BCUT2D eigenvalue weighted by Gasteiger charge is 2.23. The van der Waals surface area contributed by atoms with Crippen molar-refractivity contribution in [1.29, 1.82) is 0 Å². The number of thiocarbonyl (C=S) groups is 1. The number of nitrogens with zero attached hydrogens (tertiary/aromatic N) is 1. The van der Waals surface area contributed by atoms with Gasteiger partial charge in [-0.1, -0.05) is 30.0 Å². The van der Waals surface area contributed by atoms with Crippen molar-refractivity contribution in [2.24, 2.45) is 0 Å². The predicted molar refractivity (Wildman–Crippen MR) is 116 cm³/mol. The van der Waals surface area contributed by atoms with Gasteiger partial charge in [-0.25, -0.2) is 0 Å². The van der Waals surface area contributed by atoms with Gasteiger partial charge < -0.3 is 14.5 Å². The Labute approximate surface area is 172 Å². The molecule has 0 spiro atoms. The van der Waals surface area contributed by atoms with E-state index in [9.17, 15) is 4.79 Å². The largest absolute Gasteiger partial charge is 0.491 e. The summed E-state index contributed by atoms with van der Waals surface area (Å²) in [5, 5.41) is 3.48. The number of aromatic nitrogens is 1. The average Bonchev–Trinajstić information content (AvgIpc) is 3.18. The molecule has 1 fully saturated rings. The maximum Gasteiger partial charge on any atom is 0.263 e. The molecule has 3 aromatic rings. The van der Waals surface area contributed by atoms with Gasteiger partial charge in [0, 0.05) is 29.4 Å². The molecule has 0 bridgehead atoms. The minimum Gasteiger partial charge on any atom is -0.491 e. The molecule has 5 nitrogen and oxygen atoms in total. The second-order valence-electron chi connectivity index (χ2n) is 6.75. The summed E-state index contributed by atoms with van der Waals surface area (Å²) in [5.41, 5.74) is 3.66. The van der Waals surface area contributed by atoms with Gasteiger partial charge in [0.25, 0.3) is 5.91 Å². The van der Waals surface area contributed by atoms with Crippen molar-refractivity contribution >= 4 is 51.3 Å². The molecule has 1 aliphatic heterocycles. The Bertz CT molecular complexity index is 1130. The Hall–Kier alpha value is -2.64. The van der Waals surface area contributed by atoms with Crippen LogP contribution < -0.4 is 10.1 Å². The van der Waals surface area contributed by atoms with Gasteiger partial charge in [-0.3, -0.25) is 9.78 Å². The molecular weight excluding hydrogens is 392 g/mol. The van der Waals surface area contributed by atoms with Crippen LogP contribution >= 0.6 is 24.0 Å². The third-order valence-corrected chi connectivity index (χ3v) is 5.37. The standard InChI is InChI=1S/C21H18N2O3S2/c1-11(2)25-17-5-4-13(6-12(17)3)16-10-22-9-14-7-15(26-19(14)16)8-18-20(24)23-21(27)28-18/h4-11H,1-3H3,(H,23,24,27)/b18-8+. The highest BCUT2D eigenvalue weighted by molar-refractivity contribution is 8.26. The smallest absolute Gasteiger partial charge is 0.263 e. The van der Waals surface area contributed by atoms with E-state index in [4.69, 9.17) is 21.4 Å². The van der Waals surface area contributed by atoms with Gasteiger partial charge in [-0.05, 0) is 50.1 Å². The monoisotopic (exact) mass is 410 g/mol. The number of aryl methyl sites for hydroxylation is 1. The van der Waals surface area contributed by atoms with Crippen molar-refractivity contribution < 1.29 is 13.9 Å². The number of pyridine rings is 1. The van der Waals surface area contributed by atoms with Crippen LogP contribution in [0.5, 0.6) is 5.75 Å². The van der Waals surface area contributed by atoms with Crippen LogP contribution in [0, 0.1) is 6.92 Å². The Balaban J connectivity index is 1.74. The van der Waals surface area contributed by atoms with Crippen LogP contribution in [0.15, 0.2) is 46.0 Å². The summed E-state index contributed by atoms with van der Waals surface area (Å²) < 4.78 is 12.3. The summed E-state index contributed by atoms with van der Waals surface area (Å²) in [4.78, 5) is 16.7. The third kappa shape index (κ3) is 3.68. The molecule has 1 aromatic carbocycles. The maximum atomic E-state index is 11.9. The first-order chi connectivity index (χ1) is 13.4. The van der Waals surface area contributed by atoms with Gasteiger partial charge in [0.05, 0.1) is 11.0 Å². The van der Waals surface area contributed by atoms with Gasteiger partial charge in [0.15, 0.2) is 0 Å². The van der Waals surface area contributed by atoms with Crippen LogP contribution in [-0.2, 0) is 4.79 Å². The fourth-order valence-electron chi connectivity index (χ4n) is 3.01. The lowest BCUT2D eigenvalue weighted by molar-refractivity contribution is -0.115. The molecule has 0 aliphatic carbocycles. The van der Waals surface area contributed by atoms with Gasteiger partial charge in [0.1, 0.15) is 21.4 Å². The summed E-state index contributed by atoms with van der Waals surface area (Å²) in [7, 11) is 0. The summed E-state index contributed by atoms with van der Waals surface area (Å²) >= 11 is 6.26. The number of amides is 1. The summed E-state index contributed by atoms with van der Waals surface area (Å²) in [5.74, 6) is 1.25. The Morgan fingerprint density at radius 1 is 1.29 bits per heavy atom. The lowest BCUT2D eigenvalue weighted by Gasteiger charge is -2.13. The molecule has 0 atom stereocenters. The fraction of sp³-hybridized carbons (Fsp3) is 0.190. The van der Waals surface area contributed by atoms with E-state index < -0.39 is 0 Å². The second kappa shape index (κ2) is 7.41. The zero-order valence-corrected chi connectivity index (χ0v) is 17.2. The fourth-order valence-corrected chi connectivity index (χ4v) is 4.04. The van der Waals surface area contributed by atoms with Gasteiger partial charge in [-0.15, -0.1) is 0 Å². The number of fused-ring (bicyclic) bond motifs is 1. The van der Waals surface area contributed by atoms with Crippen LogP contribution in [0.4, 0.5) is 0 Å². The number of furan rings is 1. The molecule has 1 aliphatic rings. The number of rotatable bonds is 4. The first-order valence-electron chi connectivity index (χ1n) is 8.81. The summed E-state index contributed by atoms with van der Waals surface area (Å²) in [6.07, 6.45) is 5.36. The SMILES string of the molecule is Cc1cc(-c2cncc3cc(/C=C4/SC(=S)NC4=O)oc23)ccc1OC(C)C. The van der Waals surface area contributed by atoms with Crippen molar-refractivity contribution in [3.05, 3.63) is 52.9 Å². The van der Waals surface area contributed by atoms with Crippen LogP contribution in [0.2, 0.25) is 0 Å². The van der Waals surface area contributed by atoms with E-state index in [0.717, 1.165) is 33.4 Å². The normalized spacial score (nSPS) is 15.6. The highest BCUT2D eigenvalue weighted by Crippen LogP contribution is 2.34. The number of benzene rings is 1. The molecule has 2 aromatic heterocycles. The molecule has 4 rings (SSSR count). The molecular formula is C21H18N2O3S2. The van der Waals surface area contributed by atoms with E-state index in [-0.39, 0.29) is 12.0 Å². The molecule has 142 valence electrons. The first-order valence-corrected chi connectivity index (χ1v) is 10.0. The van der Waals surface area contributed by atoms with Crippen molar-refractivity contribution in [3.63, 3.8) is 0 Å². The molecule has 0 radical (unpaired) electrons. The van der Waals surface area contributed by atoms with E-state index in [1.54, 1.807) is 18.5 Å². The predicted octanol–water partition coefficient (Wildman–Crippen LogP) is 5.08. The van der Waals surface area contributed by atoms with E-state index in [1.165, 1.54) is 11.8 Å². The quantitative estimate of drug-likeness (QED) is 0.478. The molecule has 1 amide bonds. The average molecular weight is 411 g/mol. The molecule has 3 heterocycles. The molecule has 1 saturated heterocycles. The van der Waals surface area contributed by atoms with Crippen molar-refractivity contribution in [2.45, 2.75) is 26.9 Å². The molecule has 1 N–H and O–H groups in total. The van der Waals surface area contributed by atoms with Gasteiger partial charge in [0.2, 0.25) is 0 Å². The van der Waals surface area contributed by atoms with Gasteiger partial charge >= 0.3 is 0 Å².